The number of carbonyl (C=O) groups excluding carboxylic acids is 2. The van der Waals surface area contributed by atoms with Gasteiger partial charge in [0.25, 0.3) is 0 Å². The largest absolute Gasteiger partial charge is 1.00 e. The number of hydrogen-bond acceptors (Lipinski definition) is 7. The number of hydrogen-bond donors (Lipinski definition) is 0. The van der Waals surface area contributed by atoms with Gasteiger partial charge in [-0.1, -0.05) is 30.3 Å². The quantitative estimate of drug-likeness (QED) is 0.305. The first-order valence-electron chi connectivity index (χ1n) is 5.00. The molecule has 108 valence electrons. The predicted molar refractivity (Wildman–Crippen MR) is 64.3 cm³/mol. The molecule has 0 atom stereocenters. The zero-order valence-electron chi connectivity index (χ0n) is 13.0. The second-order valence-corrected chi connectivity index (χ2v) is 4.44. The van der Waals surface area contributed by atoms with E-state index in [9.17, 15) is 32.8 Å². The normalized spacial score (nSPS) is 9.61. The molecule has 0 N–H and O–H groups in total. The van der Waals surface area contributed by atoms with Crippen molar-refractivity contribution in [2.75, 3.05) is 0 Å². The molecule has 0 saturated heterocycles. The summed E-state index contributed by atoms with van der Waals surface area (Å²) >= 11 is 0. The molecule has 0 heterocycles. The molecule has 0 unspecified atom stereocenters. The molecule has 11 heteroatoms. The summed E-state index contributed by atoms with van der Waals surface area (Å²) in [5.41, 5.74) is 0.692. The van der Waals surface area contributed by atoms with Gasteiger partial charge in [0.2, 0.25) is 0 Å². The van der Waals surface area contributed by atoms with Crippen molar-refractivity contribution in [1.82, 2.24) is 0 Å². The molecule has 0 aliphatic heterocycles. The number of carboxylic acid groups (broad SMARTS) is 2. The fraction of sp³-hybridized carbons (Fsp3) is 0. The van der Waals surface area contributed by atoms with Gasteiger partial charge in [-0.3, -0.25) is 0 Å². The minimum Gasteiger partial charge on any atom is -0.744 e. The molecule has 1 rings (SSSR count). The molecule has 7 nitrogen and oxygen atoms in total. The third-order valence-electron chi connectivity index (χ3n) is 1.58. The van der Waals surface area contributed by atoms with Crippen LogP contribution >= 0.6 is 0 Å². The molecular formula is C12H9Li3O7S. The van der Waals surface area contributed by atoms with E-state index in [0.29, 0.717) is 23.1 Å². The first kappa shape index (κ1) is 30.2. The summed E-state index contributed by atoms with van der Waals surface area (Å²) in [6, 6.07) is 8.75. The van der Waals surface area contributed by atoms with Gasteiger partial charge in [-0.2, -0.15) is 0 Å². The molecule has 23 heavy (non-hydrogen) atoms. The van der Waals surface area contributed by atoms with Crippen LogP contribution in [-0.2, 0) is 19.7 Å². The third-order valence-corrected chi connectivity index (χ3v) is 2.05. The molecule has 0 spiro atoms. The number of carboxylic acids is 2. The average molecular weight is 318 g/mol. The molecule has 0 radical (unpaired) electrons. The maximum absolute atomic E-state index is 10.2. The maximum atomic E-state index is 10.2. The smallest absolute Gasteiger partial charge is 0.744 e. The second-order valence-electron chi connectivity index (χ2n) is 3.18. The topological polar surface area (TPSA) is 137 Å². The van der Waals surface area contributed by atoms with Crippen LogP contribution < -0.4 is 66.8 Å². The van der Waals surface area contributed by atoms with E-state index < -0.39 is 22.1 Å². The number of carbonyl (C=O) groups is 2. The van der Waals surface area contributed by atoms with E-state index in [1.54, 1.807) is 24.3 Å². The Bertz CT molecular complexity index is 597. The Kier molecular flexibility index (Phi) is 21.3. The van der Waals surface area contributed by atoms with Crippen LogP contribution in [0.3, 0.4) is 0 Å². The zero-order chi connectivity index (χ0) is 15.6. The Labute approximate surface area is 170 Å². The van der Waals surface area contributed by atoms with Crippen molar-refractivity contribution >= 4 is 28.1 Å². The summed E-state index contributed by atoms with van der Waals surface area (Å²) in [5, 5.41) is 19.5. The number of aliphatic carboxylic acids is 2. The van der Waals surface area contributed by atoms with Crippen molar-refractivity contribution in [3.63, 3.8) is 0 Å². The van der Waals surface area contributed by atoms with Crippen molar-refractivity contribution in [3.05, 3.63) is 53.5 Å². The SMILES string of the molecule is O=C([O-])/C=C\C(=O)[O-].O=S(=O)([O-])C=Cc1ccccc1.[Li+].[Li+].[Li+]. The van der Waals surface area contributed by atoms with E-state index in [1.807, 2.05) is 6.07 Å². The van der Waals surface area contributed by atoms with E-state index in [1.165, 1.54) is 6.08 Å². The van der Waals surface area contributed by atoms with Crippen LogP contribution in [0.5, 0.6) is 0 Å². The predicted octanol–water partition coefficient (Wildman–Crippen LogP) is -10.7. The summed E-state index contributed by atoms with van der Waals surface area (Å²) < 4.78 is 30.5. The number of benzene rings is 1. The zero-order valence-corrected chi connectivity index (χ0v) is 13.8. The molecule has 0 saturated carbocycles. The minimum atomic E-state index is -4.25. The summed E-state index contributed by atoms with van der Waals surface area (Å²) in [4.78, 5) is 18.8. The molecule has 0 fully saturated rings. The van der Waals surface area contributed by atoms with Gasteiger partial charge in [-0.25, -0.2) is 8.42 Å². The van der Waals surface area contributed by atoms with Crippen LogP contribution in [-0.4, -0.2) is 24.9 Å². The maximum Gasteiger partial charge on any atom is 1.00 e. The third kappa shape index (κ3) is 23.7. The Morgan fingerprint density at radius 3 is 1.57 bits per heavy atom. The summed E-state index contributed by atoms with van der Waals surface area (Å²) in [7, 11) is -4.25. The Morgan fingerprint density at radius 2 is 1.26 bits per heavy atom. The first-order chi connectivity index (χ1) is 9.20. The van der Waals surface area contributed by atoms with Crippen molar-refractivity contribution in [2.24, 2.45) is 0 Å². The first-order valence-corrected chi connectivity index (χ1v) is 6.47. The van der Waals surface area contributed by atoms with Crippen LogP contribution in [0, 0.1) is 0 Å². The van der Waals surface area contributed by atoms with E-state index in [2.05, 4.69) is 0 Å². The summed E-state index contributed by atoms with van der Waals surface area (Å²) in [6.07, 6.45) is 2.03. The minimum absolute atomic E-state index is 0. The van der Waals surface area contributed by atoms with Gasteiger partial charge in [0.15, 0.2) is 0 Å². The van der Waals surface area contributed by atoms with Crippen molar-refractivity contribution in [3.8, 4) is 0 Å². The Balaban J connectivity index is -0.000000148. The van der Waals surface area contributed by atoms with Crippen LogP contribution in [0.4, 0.5) is 0 Å². The van der Waals surface area contributed by atoms with Crippen LogP contribution in [0.15, 0.2) is 47.9 Å². The fourth-order valence-corrected chi connectivity index (χ4v) is 1.19. The molecule has 0 aromatic heterocycles. The monoisotopic (exact) mass is 318 g/mol. The molecule has 1 aromatic carbocycles. The molecule has 0 bridgehead atoms. The van der Waals surface area contributed by atoms with Gasteiger partial charge in [0.1, 0.15) is 10.1 Å². The van der Waals surface area contributed by atoms with Crippen molar-refractivity contribution in [1.29, 1.82) is 0 Å². The standard InChI is InChI=1S/C8H8O3S.C4H4O4.3Li/c9-12(10,11)7-6-8-4-2-1-3-5-8;5-3(6)1-2-4(7)8;;;/h1-7H,(H,9,10,11);1-2H,(H,5,6)(H,7,8);;;/q;;3*+1/p-3/b;2-1-;;;. The molecule has 0 aliphatic carbocycles. The van der Waals surface area contributed by atoms with Gasteiger partial charge in [0, 0.05) is 5.41 Å². The van der Waals surface area contributed by atoms with Gasteiger partial charge in [0.05, 0.1) is 11.9 Å². The van der Waals surface area contributed by atoms with E-state index >= 15 is 0 Å². The van der Waals surface area contributed by atoms with Crippen LogP contribution in [0.2, 0.25) is 0 Å². The van der Waals surface area contributed by atoms with E-state index in [-0.39, 0.29) is 56.6 Å². The van der Waals surface area contributed by atoms with Gasteiger partial charge in [-0.05, 0) is 23.8 Å². The van der Waals surface area contributed by atoms with E-state index in [0.717, 1.165) is 0 Å². The summed E-state index contributed by atoms with van der Waals surface area (Å²) in [5.74, 6) is -3.09. The van der Waals surface area contributed by atoms with Gasteiger partial charge >= 0.3 is 56.6 Å². The second kappa shape index (κ2) is 16.2. The van der Waals surface area contributed by atoms with Gasteiger partial charge in [-0.15, -0.1) is 0 Å². The Morgan fingerprint density at radius 1 is 0.870 bits per heavy atom. The van der Waals surface area contributed by atoms with Crippen molar-refractivity contribution in [2.45, 2.75) is 0 Å². The Hall–Kier alpha value is -0.658. The van der Waals surface area contributed by atoms with Gasteiger partial charge < -0.3 is 24.4 Å². The van der Waals surface area contributed by atoms with Crippen LogP contribution in [0.1, 0.15) is 5.56 Å². The molecule has 1 aromatic rings. The van der Waals surface area contributed by atoms with E-state index in [4.69, 9.17) is 0 Å². The summed E-state index contributed by atoms with van der Waals surface area (Å²) in [6.45, 7) is 0. The number of rotatable bonds is 4. The molecule has 0 aliphatic rings. The molecular weight excluding hydrogens is 309 g/mol. The van der Waals surface area contributed by atoms with Crippen LogP contribution in [0.25, 0.3) is 6.08 Å². The molecule has 0 amide bonds. The van der Waals surface area contributed by atoms with Crippen molar-refractivity contribution < 1.29 is 89.4 Å². The fourth-order valence-electron chi connectivity index (χ4n) is 0.862. The average Bonchev–Trinajstić information content (AvgIpc) is 2.35.